The van der Waals surface area contributed by atoms with Crippen molar-refractivity contribution >= 4 is 20.0 Å². The van der Waals surface area contributed by atoms with Crippen molar-refractivity contribution in [3.8, 4) is 0 Å². The van der Waals surface area contributed by atoms with E-state index in [1.54, 1.807) is 6.92 Å². The molecule has 0 radical (unpaired) electrons. The van der Waals surface area contributed by atoms with E-state index in [0.717, 1.165) is 25.0 Å². The molecule has 1 aromatic carbocycles. The molecule has 0 saturated heterocycles. The van der Waals surface area contributed by atoms with E-state index in [-0.39, 0.29) is 12.6 Å². The number of nitrogens with two attached hydrogens (primary N) is 1. The minimum atomic E-state index is -4.07. The lowest BCUT2D eigenvalue weighted by Gasteiger charge is -2.20. The molecule has 0 heterocycles. The summed E-state index contributed by atoms with van der Waals surface area (Å²) in [5.74, 6) is -1.12. The first-order chi connectivity index (χ1) is 9.17. The first-order valence-electron chi connectivity index (χ1n) is 6.02. The number of nitrogens with zero attached hydrogens (tertiary/aromatic N) is 1. The molecule has 0 aromatic heterocycles. The van der Waals surface area contributed by atoms with E-state index in [0.29, 0.717) is 6.07 Å². The predicted octanol–water partition coefficient (Wildman–Crippen LogP) is 0.646. The molecule has 1 aliphatic rings. The van der Waals surface area contributed by atoms with E-state index < -0.39 is 35.7 Å². The smallest absolute Gasteiger partial charge is 0.225 e. The van der Waals surface area contributed by atoms with Crippen LogP contribution in [0.2, 0.25) is 0 Å². The van der Waals surface area contributed by atoms with Gasteiger partial charge in [0, 0.05) is 12.6 Å². The van der Waals surface area contributed by atoms with Gasteiger partial charge in [0.15, 0.2) is 0 Å². The van der Waals surface area contributed by atoms with Gasteiger partial charge in [0.25, 0.3) is 0 Å². The van der Waals surface area contributed by atoms with E-state index >= 15 is 0 Å². The van der Waals surface area contributed by atoms with Gasteiger partial charge < -0.3 is 0 Å². The maximum atomic E-state index is 13.9. The van der Waals surface area contributed by atoms with Crippen molar-refractivity contribution in [1.82, 2.24) is 4.31 Å². The summed E-state index contributed by atoms with van der Waals surface area (Å²) in [5.41, 5.74) is 0. The van der Waals surface area contributed by atoms with Crippen molar-refractivity contribution in [2.24, 2.45) is 5.14 Å². The van der Waals surface area contributed by atoms with Crippen molar-refractivity contribution in [1.29, 1.82) is 0 Å². The third-order valence-corrected chi connectivity index (χ3v) is 6.06. The van der Waals surface area contributed by atoms with E-state index in [4.69, 9.17) is 5.14 Å². The Balaban J connectivity index is 2.47. The number of benzene rings is 1. The second kappa shape index (κ2) is 5.06. The highest BCUT2D eigenvalue weighted by molar-refractivity contribution is 7.89. The number of rotatable bonds is 5. The van der Waals surface area contributed by atoms with Gasteiger partial charge in [-0.05, 0) is 31.0 Å². The van der Waals surface area contributed by atoms with Crippen LogP contribution in [0.4, 0.5) is 4.39 Å². The lowest BCUT2D eigenvalue weighted by Crippen LogP contribution is -2.33. The van der Waals surface area contributed by atoms with Crippen LogP contribution in [0.5, 0.6) is 0 Å². The molecule has 6 nitrogen and oxygen atoms in total. The van der Waals surface area contributed by atoms with Crippen LogP contribution in [-0.2, 0) is 20.0 Å². The second-order valence-corrected chi connectivity index (χ2v) is 8.00. The van der Waals surface area contributed by atoms with Crippen LogP contribution in [0.15, 0.2) is 28.0 Å². The van der Waals surface area contributed by atoms with Crippen molar-refractivity contribution in [3.05, 3.63) is 24.0 Å². The van der Waals surface area contributed by atoms with Crippen molar-refractivity contribution in [2.75, 3.05) is 6.54 Å². The van der Waals surface area contributed by atoms with Crippen LogP contribution in [-0.4, -0.2) is 33.7 Å². The summed E-state index contributed by atoms with van der Waals surface area (Å²) in [6, 6.07) is 2.46. The van der Waals surface area contributed by atoms with E-state index in [1.807, 2.05) is 0 Å². The molecule has 0 spiro atoms. The van der Waals surface area contributed by atoms with Gasteiger partial charge in [-0.25, -0.2) is 26.4 Å². The minimum absolute atomic E-state index is 0.0951. The maximum Gasteiger partial charge on any atom is 0.246 e. The quantitative estimate of drug-likeness (QED) is 0.860. The average molecular weight is 322 g/mol. The molecule has 9 heteroatoms. The van der Waals surface area contributed by atoms with Crippen molar-refractivity contribution in [2.45, 2.75) is 35.6 Å². The predicted molar refractivity (Wildman–Crippen MR) is 70.4 cm³/mol. The Morgan fingerprint density at radius 1 is 1.30 bits per heavy atom. The van der Waals surface area contributed by atoms with Crippen molar-refractivity contribution in [3.63, 3.8) is 0 Å². The number of sulfonamides is 2. The zero-order valence-corrected chi connectivity index (χ0v) is 12.4. The molecular weight excluding hydrogens is 307 g/mol. The van der Waals surface area contributed by atoms with Crippen molar-refractivity contribution < 1.29 is 21.2 Å². The van der Waals surface area contributed by atoms with Gasteiger partial charge in [-0.1, -0.05) is 6.92 Å². The van der Waals surface area contributed by atoms with Gasteiger partial charge in [0.1, 0.15) is 10.7 Å². The van der Waals surface area contributed by atoms with Crippen LogP contribution in [0.25, 0.3) is 0 Å². The molecule has 1 aliphatic carbocycles. The summed E-state index contributed by atoms with van der Waals surface area (Å²) in [4.78, 5) is -0.984. The molecule has 0 aliphatic heterocycles. The second-order valence-electron chi connectivity index (χ2n) is 4.58. The Morgan fingerprint density at radius 3 is 2.30 bits per heavy atom. The molecular formula is C11H15FN2O4S2. The molecule has 0 atom stereocenters. The molecule has 0 unspecified atom stereocenters. The number of primary sulfonamides is 1. The molecule has 0 bridgehead atoms. The van der Waals surface area contributed by atoms with Gasteiger partial charge in [0.05, 0.1) is 4.90 Å². The molecule has 112 valence electrons. The fourth-order valence-corrected chi connectivity index (χ4v) is 4.25. The Morgan fingerprint density at radius 2 is 1.90 bits per heavy atom. The summed E-state index contributed by atoms with van der Waals surface area (Å²) in [7, 11) is -8.02. The SMILES string of the molecule is CCN(C1CC1)S(=O)(=O)c1ccc(S(N)(=O)=O)cc1F. The highest BCUT2D eigenvalue weighted by atomic mass is 32.2. The Labute approximate surface area is 117 Å². The standard InChI is InChI=1S/C11H15FN2O4S2/c1-2-14(8-3-4-8)20(17,18)11-6-5-9(7-10(11)12)19(13,15)16/h5-8H,2-4H2,1H3,(H2,13,15,16). The molecule has 2 N–H and O–H groups in total. The zero-order chi connectivity index (χ0) is 15.1. The minimum Gasteiger partial charge on any atom is -0.225 e. The molecule has 1 aromatic rings. The van der Waals surface area contributed by atoms with Crippen LogP contribution in [0.3, 0.4) is 0 Å². The van der Waals surface area contributed by atoms with Gasteiger partial charge in [-0.2, -0.15) is 4.31 Å². The summed E-state index contributed by atoms with van der Waals surface area (Å²) < 4.78 is 62.0. The van der Waals surface area contributed by atoms with E-state index in [9.17, 15) is 21.2 Å². The Bertz CT molecular complexity index is 727. The van der Waals surface area contributed by atoms with E-state index in [1.165, 1.54) is 4.31 Å². The Kier molecular flexibility index (Phi) is 3.89. The fraction of sp³-hybridized carbons (Fsp3) is 0.455. The van der Waals surface area contributed by atoms with Gasteiger partial charge in [0.2, 0.25) is 20.0 Å². The molecule has 0 amide bonds. The molecule has 1 saturated carbocycles. The lowest BCUT2D eigenvalue weighted by atomic mass is 10.3. The topological polar surface area (TPSA) is 97.5 Å². The van der Waals surface area contributed by atoms with Crippen LogP contribution >= 0.6 is 0 Å². The third-order valence-electron chi connectivity index (χ3n) is 3.08. The maximum absolute atomic E-state index is 13.9. The van der Waals surface area contributed by atoms with Crippen LogP contribution in [0.1, 0.15) is 19.8 Å². The molecule has 1 fully saturated rings. The van der Waals surface area contributed by atoms with Gasteiger partial charge >= 0.3 is 0 Å². The van der Waals surface area contributed by atoms with E-state index in [2.05, 4.69) is 0 Å². The fourth-order valence-electron chi connectivity index (χ4n) is 1.98. The summed E-state index contributed by atoms with van der Waals surface area (Å²) in [5, 5.41) is 4.87. The lowest BCUT2D eigenvalue weighted by molar-refractivity contribution is 0.416. The summed E-state index contributed by atoms with van der Waals surface area (Å²) in [6.45, 7) is 1.91. The third kappa shape index (κ3) is 2.85. The first-order valence-corrected chi connectivity index (χ1v) is 9.00. The van der Waals surface area contributed by atoms with Gasteiger partial charge in [-0.15, -0.1) is 0 Å². The molecule has 2 rings (SSSR count). The highest BCUT2D eigenvalue weighted by Gasteiger charge is 2.38. The van der Waals surface area contributed by atoms with Crippen LogP contribution < -0.4 is 5.14 Å². The Hall–Kier alpha value is -1.03. The van der Waals surface area contributed by atoms with Crippen LogP contribution in [0, 0.1) is 5.82 Å². The normalized spacial score (nSPS) is 16.6. The summed E-state index contributed by atoms with van der Waals surface area (Å²) >= 11 is 0. The zero-order valence-electron chi connectivity index (χ0n) is 10.8. The monoisotopic (exact) mass is 322 g/mol. The number of halogens is 1. The first kappa shape index (κ1) is 15.4. The average Bonchev–Trinajstić information content (AvgIpc) is 3.12. The summed E-state index contributed by atoms with van der Waals surface area (Å²) in [6.07, 6.45) is 1.51. The highest BCUT2D eigenvalue weighted by Crippen LogP contribution is 2.32. The number of hydrogen-bond donors (Lipinski definition) is 1. The largest absolute Gasteiger partial charge is 0.246 e. The van der Waals surface area contributed by atoms with Gasteiger partial charge in [-0.3, -0.25) is 0 Å². The molecule has 20 heavy (non-hydrogen) atoms. The number of hydrogen-bond acceptors (Lipinski definition) is 4.